The van der Waals surface area contributed by atoms with Crippen molar-refractivity contribution in [2.24, 2.45) is 12.0 Å². The zero-order valence-electron chi connectivity index (χ0n) is 16.2. The number of nitrogens with one attached hydrogen (secondary N) is 1. The minimum atomic E-state index is 0.0191. The zero-order chi connectivity index (χ0) is 18.7. The summed E-state index contributed by atoms with van der Waals surface area (Å²) in [5, 5.41) is 8.81. The van der Waals surface area contributed by atoms with Crippen molar-refractivity contribution in [2.75, 3.05) is 26.7 Å². The van der Waals surface area contributed by atoms with E-state index in [-0.39, 0.29) is 6.10 Å². The van der Waals surface area contributed by atoms with Gasteiger partial charge in [-0.2, -0.15) is 5.10 Å². The highest BCUT2D eigenvalue weighted by Gasteiger charge is 2.25. The Kier molecular flexibility index (Phi) is 5.93. The number of aliphatic imine (C=N–C) groups is 1. The van der Waals surface area contributed by atoms with E-state index in [2.05, 4.69) is 41.1 Å². The first kappa shape index (κ1) is 18.8. The average Bonchev–Trinajstić information content (AvgIpc) is 3.21. The number of ether oxygens (including phenoxy) is 1. The Balaban J connectivity index is 1.62. The molecule has 3 heterocycles. The highest BCUT2D eigenvalue weighted by molar-refractivity contribution is 7.11. The van der Waals surface area contributed by atoms with Gasteiger partial charge in [0.05, 0.1) is 31.6 Å². The van der Waals surface area contributed by atoms with Gasteiger partial charge in [0.2, 0.25) is 0 Å². The van der Waals surface area contributed by atoms with E-state index in [1.807, 2.05) is 31.2 Å². The van der Waals surface area contributed by atoms with Crippen LogP contribution in [0, 0.1) is 6.92 Å². The normalized spacial score (nSPS) is 18.6. The molecule has 2 aromatic rings. The van der Waals surface area contributed by atoms with E-state index in [9.17, 15) is 0 Å². The van der Waals surface area contributed by atoms with Crippen LogP contribution < -0.4 is 5.32 Å². The Morgan fingerprint density at radius 3 is 2.92 bits per heavy atom. The minimum Gasteiger partial charge on any atom is -0.370 e. The van der Waals surface area contributed by atoms with Gasteiger partial charge in [-0.1, -0.05) is 13.8 Å². The topological polar surface area (TPSA) is 67.6 Å². The molecule has 0 amide bonds. The van der Waals surface area contributed by atoms with Crippen LogP contribution in [0.3, 0.4) is 0 Å². The first-order chi connectivity index (χ1) is 12.5. The van der Waals surface area contributed by atoms with Crippen molar-refractivity contribution in [1.29, 1.82) is 0 Å². The maximum absolute atomic E-state index is 5.92. The molecule has 1 N–H and O–H groups in total. The van der Waals surface area contributed by atoms with Crippen molar-refractivity contribution in [1.82, 2.24) is 25.0 Å². The summed E-state index contributed by atoms with van der Waals surface area (Å²) < 4.78 is 7.73. The van der Waals surface area contributed by atoms with Gasteiger partial charge in [-0.05, 0) is 12.8 Å². The Morgan fingerprint density at radius 2 is 2.31 bits per heavy atom. The summed E-state index contributed by atoms with van der Waals surface area (Å²) in [5.74, 6) is 1.35. The molecule has 7 nitrogen and oxygen atoms in total. The molecule has 0 bridgehead atoms. The van der Waals surface area contributed by atoms with Crippen LogP contribution in [0.5, 0.6) is 0 Å². The lowest BCUT2D eigenvalue weighted by atomic mass is 10.1. The van der Waals surface area contributed by atoms with Crippen LogP contribution in [0.1, 0.15) is 47.0 Å². The van der Waals surface area contributed by atoms with E-state index in [1.54, 1.807) is 11.3 Å². The molecule has 1 aliphatic rings. The second kappa shape index (κ2) is 8.18. The molecule has 3 rings (SSSR count). The molecule has 26 heavy (non-hydrogen) atoms. The molecular weight excluding hydrogens is 348 g/mol. The third-order valence-corrected chi connectivity index (χ3v) is 5.48. The van der Waals surface area contributed by atoms with E-state index < -0.39 is 0 Å². The van der Waals surface area contributed by atoms with Gasteiger partial charge in [0.1, 0.15) is 11.1 Å². The fraction of sp³-hybridized carbons (Fsp3) is 0.611. The molecule has 0 aliphatic carbocycles. The standard InChI is InChI=1S/C18H28N6OS/c1-12(2)17-13(3)26-16(22-17)9-20-18(19-4)24-6-7-25-15(11-24)14-8-21-23(5)10-14/h8,10,12,15H,6-7,9,11H2,1-5H3,(H,19,20). The van der Waals surface area contributed by atoms with E-state index in [0.29, 0.717) is 19.1 Å². The van der Waals surface area contributed by atoms with Gasteiger partial charge in [-0.25, -0.2) is 4.98 Å². The van der Waals surface area contributed by atoms with Crippen molar-refractivity contribution in [3.63, 3.8) is 0 Å². The summed E-state index contributed by atoms with van der Waals surface area (Å²) >= 11 is 1.76. The molecule has 1 aliphatic heterocycles. The maximum Gasteiger partial charge on any atom is 0.194 e. The second-order valence-corrected chi connectivity index (χ2v) is 8.15. The first-order valence-corrected chi connectivity index (χ1v) is 9.81. The van der Waals surface area contributed by atoms with Crippen LogP contribution in [-0.4, -0.2) is 52.4 Å². The van der Waals surface area contributed by atoms with Gasteiger partial charge >= 0.3 is 0 Å². The largest absolute Gasteiger partial charge is 0.370 e. The molecule has 142 valence electrons. The van der Waals surface area contributed by atoms with E-state index in [0.717, 1.165) is 29.6 Å². The fourth-order valence-corrected chi connectivity index (χ4v) is 4.24. The van der Waals surface area contributed by atoms with Crippen molar-refractivity contribution in [3.8, 4) is 0 Å². The van der Waals surface area contributed by atoms with Crippen LogP contribution in [-0.2, 0) is 18.3 Å². The number of aryl methyl sites for hydroxylation is 2. The summed E-state index contributed by atoms with van der Waals surface area (Å²) in [6.07, 6.45) is 3.90. The minimum absolute atomic E-state index is 0.0191. The summed E-state index contributed by atoms with van der Waals surface area (Å²) in [6.45, 7) is 9.47. The lowest BCUT2D eigenvalue weighted by Gasteiger charge is -2.34. The summed E-state index contributed by atoms with van der Waals surface area (Å²) in [5.41, 5.74) is 2.30. The number of rotatable bonds is 4. The molecule has 1 saturated heterocycles. The van der Waals surface area contributed by atoms with Gasteiger partial charge in [-0.15, -0.1) is 11.3 Å². The molecular formula is C18H28N6OS. The van der Waals surface area contributed by atoms with Crippen LogP contribution in [0.4, 0.5) is 0 Å². The van der Waals surface area contributed by atoms with Crippen LogP contribution in [0.2, 0.25) is 0 Å². The number of aromatic nitrogens is 3. The van der Waals surface area contributed by atoms with E-state index in [1.165, 1.54) is 10.6 Å². The quantitative estimate of drug-likeness (QED) is 0.656. The van der Waals surface area contributed by atoms with Crippen molar-refractivity contribution < 1.29 is 4.74 Å². The van der Waals surface area contributed by atoms with Gasteiger partial charge in [0.25, 0.3) is 0 Å². The third kappa shape index (κ3) is 4.24. The van der Waals surface area contributed by atoms with Gasteiger partial charge in [0, 0.05) is 37.3 Å². The molecule has 1 unspecified atom stereocenters. The Labute approximate surface area is 159 Å². The Hall–Kier alpha value is -1.93. The van der Waals surface area contributed by atoms with Gasteiger partial charge in [-0.3, -0.25) is 9.67 Å². The lowest BCUT2D eigenvalue weighted by molar-refractivity contribution is -0.00805. The van der Waals surface area contributed by atoms with E-state index >= 15 is 0 Å². The number of thiazole rings is 1. The number of guanidine groups is 1. The fourth-order valence-electron chi connectivity index (χ4n) is 3.21. The predicted octanol–water partition coefficient (Wildman–Crippen LogP) is 2.46. The van der Waals surface area contributed by atoms with Crippen molar-refractivity contribution in [3.05, 3.63) is 33.5 Å². The Bertz CT molecular complexity index is 766. The molecule has 8 heteroatoms. The summed E-state index contributed by atoms with van der Waals surface area (Å²) in [4.78, 5) is 12.8. The molecule has 0 spiro atoms. The molecule has 2 aromatic heterocycles. The highest BCUT2D eigenvalue weighted by atomic mass is 32.1. The molecule has 0 aromatic carbocycles. The lowest BCUT2D eigenvalue weighted by Crippen LogP contribution is -2.47. The molecule has 1 fully saturated rings. The highest BCUT2D eigenvalue weighted by Crippen LogP contribution is 2.24. The smallest absolute Gasteiger partial charge is 0.194 e. The summed E-state index contributed by atoms with van der Waals surface area (Å²) in [6, 6.07) is 0. The molecule has 1 atom stereocenters. The monoisotopic (exact) mass is 376 g/mol. The summed E-state index contributed by atoms with van der Waals surface area (Å²) in [7, 11) is 3.75. The maximum atomic E-state index is 5.92. The Morgan fingerprint density at radius 1 is 1.50 bits per heavy atom. The SMILES string of the molecule is CN=C(NCc1nc(C(C)C)c(C)s1)N1CCOC(c2cnn(C)c2)C1. The number of nitrogens with zero attached hydrogens (tertiary/aromatic N) is 5. The predicted molar refractivity (Wildman–Crippen MR) is 105 cm³/mol. The van der Waals surface area contributed by atoms with Crippen LogP contribution in [0.25, 0.3) is 0 Å². The average molecular weight is 377 g/mol. The van der Waals surface area contributed by atoms with Gasteiger partial charge < -0.3 is 15.0 Å². The number of hydrogen-bond donors (Lipinski definition) is 1. The number of hydrogen-bond acceptors (Lipinski definition) is 5. The first-order valence-electron chi connectivity index (χ1n) is 9.00. The van der Waals surface area contributed by atoms with Gasteiger partial charge in [0.15, 0.2) is 5.96 Å². The molecule has 0 saturated carbocycles. The van der Waals surface area contributed by atoms with Crippen molar-refractivity contribution >= 4 is 17.3 Å². The van der Waals surface area contributed by atoms with Crippen LogP contribution >= 0.6 is 11.3 Å². The van der Waals surface area contributed by atoms with Crippen LogP contribution in [0.15, 0.2) is 17.4 Å². The molecule has 0 radical (unpaired) electrons. The van der Waals surface area contributed by atoms with E-state index in [4.69, 9.17) is 9.72 Å². The zero-order valence-corrected chi connectivity index (χ0v) is 17.0. The number of morpholine rings is 1. The third-order valence-electron chi connectivity index (χ3n) is 4.50. The second-order valence-electron chi connectivity index (χ2n) is 6.86. The van der Waals surface area contributed by atoms with Crippen molar-refractivity contribution in [2.45, 2.75) is 39.3 Å².